The van der Waals surface area contributed by atoms with Crippen molar-refractivity contribution < 1.29 is 9.59 Å². The number of hydrogen-bond donors (Lipinski definition) is 0. The van der Waals surface area contributed by atoms with Crippen LogP contribution < -0.4 is 4.90 Å². The van der Waals surface area contributed by atoms with E-state index in [0.717, 1.165) is 11.3 Å². The number of amides is 2. The molecule has 3 heterocycles. The number of thioether (sulfide) groups is 1. The van der Waals surface area contributed by atoms with Crippen molar-refractivity contribution >= 4 is 56.5 Å². The van der Waals surface area contributed by atoms with Crippen molar-refractivity contribution in [2.75, 3.05) is 18.5 Å². The Hall–Kier alpha value is -2.71. The summed E-state index contributed by atoms with van der Waals surface area (Å²) in [5.74, 6) is -0.422. The Balaban J connectivity index is 1.85. The number of fused-ring (bicyclic) bond motifs is 1. The summed E-state index contributed by atoms with van der Waals surface area (Å²) in [6.45, 7) is 4.03. The molecular weight excluding hydrogens is 368 g/mol. The van der Waals surface area contributed by atoms with E-state index in [-0.39, 0.29) is 11.8 Å². The number of rotatable bonds is 3. The Morgan fingerprint density at radius 1 is 1.27 bits per heavy atom. The van der Waals surface area contributed by atoms with Crippen molar-refractivity contribution in [3.05, 3.63) is 59.0 Å². The zero-order valence-corrected chi connectivity index (χ0v) is 15.5. The molecule has 130 valence electrons. The Kier molecular flexibility index (Phi) is 4.21. The van der Waals surface area contributed by atoms with Gasteiger partial charge in [0, 0.05) is 30.7 Å². The van der Waals surface area contributed by atoms with Crippen molar-refractivity contribution in [1.82, 2.24) is 9.88 Å². The van der Waals surface area contributed by atoms with E-state index in [1.165, 1.54) is 28.0 Å². The van der Waals surface area contributed by atoms with Crippen molar-refractivity contribution in [1.29, 1.82) is 0 Å². The molecule has 1 fully saturated rings. The van der Waals surface area contributed by atoms with Gasteiger partial charge in [-0.05, 0) is 17.8 Å². The highest BCUT2D eigenvalue weighted by Gasteiger charge is 2.41. The number of aromatic nitrogens is 1. The maximum Gasteiger partial charge on any atom is 0.267 e. The van der Waals surface area contributed by atoms with E-state index in [2.05, 4.69) is 16.6 Å². The van der Waals surface area contributed by atoms with Crippen LogP contribution in [0.5, 0.6) is 0 Å². The van der Waals surface area contributed by atoms with Gasteiger partial charge >= 0.3 is 0 Å². The molecule has 0 saturated carbocycles. The van der Waals surface area contributed by atoms with E-state index in [1.54, 1.807) is 24.2 Å². The average molecular weight is 382 g/mol. The maximum absolute atomic E-state index is 13.0. The van der Waals surface area contributed by atoms with Gasteiger partial charge in [-0.2, -0.15) is 4.99 Å². The highest BCUT2D eigenvalue weighted by atomic mass is 32.2. The highest BCUT2D eigenvalue weighted by molar-refractivity contribution is 8.18. The standard InChI is InChI=1S/C18H14N4O2S2/c1-3-9-22-16(24)14(26-18(22)20-17-19-8-10-25-17)13-11-6-4-5-7-12(11)21(2)15(13)23/h3-8,10H,1,9H2,2H3. The largest absolute Gasteiger partial charge is 0.311 e. The number of anilines is 1. The number of likely N-dealkylation sites (N-methyl/N-ethyl adjacent to an activating group) is 1. The fraction of sp³-hybridized carbons (Fsp3) is 0.111. The summed E-state index contributed by atoms with van der Waals surface area (Å²) < 4.78 is 0. The molecule has 2 amide bonds. The van der Waals surface area contributed by atoms with E-state index in [4.69, 9.17) is 0 Å². The number of amidine groups is 1. The second-order valence-electron chi connectivity index (χ2n) is 5.60. The van der Waals surface area contributed by atoms with E-state index >= 15 is 0 Å². The molecule has 0 unspecified atom stereocenters. The zero-order valence-electron chi connectivity index (χ0n) is 13.9. The summed E-state index contributed by atoms with van der Waals surface area (Å²) in [6.07, 6.45) is 3.30. The Morgan fingerprint density at radius 3 is 2.81 bits per heavy atom. The first-order valence-corrected chi connectivity index (χ1v) is 9.52. The molecule has 1 aromatic carbocycles. The summed E-state index contributed by atoms with van der Waals surface area (Å²) in [4.78, 5) is 37.9. The lowest BCUT2D eigenvalue weighted by molar-refractivity contribution is -0.122. The van der Waals surface area contributed by atoms with Crippen LogP contribution in [0.2, 0.25) is 0 Å². The van der Waals surface area contributed by atoms with Gasteiger partial charge in [0.15, 0.2) is 5.17 Å². The van der Waals surface area contributed by atoms with E-state index in [1.807, 2.05) is 29.6 Å². The molecule has 0 radical (unpaired) electrons. The number of benzene rings is 1. The third kappa shape index (κ3) is 2.58. The number of carbonyl (C=O) groups is 2. The third-order valence-electron chi connectivity index (χ3n) is 4.07. The lowest BCUT2D eigenvalue weighted by Gasteiger charge is -2.12. The van der Waals surface area contributed by atoms with Crippen LogP contribution in [-0.2, 0) is 9.59 Å². The lowest BCUT2D eigenvalue weighted by Crippen LogP contribution is -2.29. The van der Waals surface area contributed by atoms with Gasteiger partial charge in [0.05, 0.1) is 16.2 Å². The molecule has 1 aromatic heterocycles. The average Bonchev–Trinajstić information content (AvgIpc) is 3.32. The maximum atomic E-state index is 13.0. The second-order valence-corrected chi connectivity index (χ2v) is 7.45. The van der Waals surface area contributed by atoms with Gasteiger partial charge in [0.2, 0.25) is 5.13 Å². The molecule has 0 N–H and O–H groups in total. The molecule has 2 aliphatic rings. The lowest BCUT2D eigenvalue weighted by atomic mass is 10.1. The normalized spacial score (nSPS) is 21.0. The Labute approximate surface area is 158 Å². The molecule has 0 bridgehead atoms. The van der Waals surface area contributed by atoms with Gasteiger partial charge in [-0.25, -0.2) is 4.98 Å². The summed E-state index contributed by atoms with van der Waals surface area (Å²) in [5.41, 5.74) is 2.00. The topological polar surface area (TPSA) is 65.9 Å². The number of para-hydroxylation sites is 1. The second kappa shape index (κ2) is 6.54. The molecule has 26 heavy (non-hydrogen) atoms. The van der Waals surface area contributed by atoms with Crippen molar-refractivity contribution in [2.45, 2.75) is 0 Å². The first-order valence-electron chi connectivity index (χ1n) is 7.82. The smallest absolute Gasteiger partial charge is 0.267 e. The van der Waals surface area contributed by atoms with Gasteiger partial charge < -0.3 is 4.90 Å². The summed E-state index contributed by atoms with van der Waals surface area (Å²) >= 11 is 2.60. The van der Waals surface area contributed by atoms with Gasteiger partial charge in [0.25, 0.3) is 11.8 Å². The molecule has 2 aromatic rings. The van der Waals surface area contributed by atoms with E-state index in [0.29, 0.717) is 27.3 Å². The zero-order chi connectivity index (χ0) is 18.3. The molecule has 1 saturated heterocycles. The number of carbonyl (C=O) groups excluding carboxylic acids is 2. The van der Waals surface area contributed by atoms with Crippen LogP contribution in [0, 0.1) is 0 Å². The summed E-state index contributed by atoms with van der Waals surface area (Å²) in [7, 11) is 1.71. The number of aliphatic imine (C=N–C) groups is 1. The highest BCUT2D eigenvalue weighted by Crippen LogP contribution is 2.44. The first kappa shape index (κ1) is 16.7. The fourth-order valence-corrected chi connectivity index (χ4v) is 4.51. The van der Waals surface area contributed by atoms with Crippen molar-refractivity contribution in [3.8, 4) is 0 Å². The van der Waals surface area contributed by atoms with E-state index in [9.17, 15) is 9.59 Å². The molecule has 2 aliphatic heterocycles. The van der Waals surface area contributed by atoms with Crippen LogP contribution in [-0.4, -0.2) is 40.5 Å². The minimum absolute atomic E-state index is 0.184. The summed E-state index contributed by atoms with van der Waals surface area (Å²) in [5, 5.41) is 2.90. The fourth-order valence-electron chi connectivity index (χ4n) is 2.87. The number of nitrogens with zero attached hydrogens (tertiary/aromatic N) is 4. The van der Waals surface area contributed by atoms with Crippen LogP contribution >= 0.6 is 23.1 Å². The first-order chi connectivity index (χ1) is 12.6. The molecule has 6 nitrogen and oxygen atoms in total. The van der Waals surface area contributed by atoms with Gasteiger partial charge in [-0.3, -0.25) is 14.5 Å². The SMILES string of the molecule is C=CCN1C(=O)C(=C2C(=O)N(C)c3ccccc32)SC1=Nc1nccs1. The monoisotopic (exact) mass is 382 g/mol. The van der Waals surface area contributed by atoms with Crippen molar-refractivity contribution in [3.63, 3.8) is 0 Å². The predicted octanol–water partition coefficient (Wildman–Crippen LogP) is 3.28. The Morgan fingerprint density at radius 2 is 2.08 bits per heavy atom. The minimum atomic E-state index is -0.237. The Bertz CT molecular complexity index is 979. The number of hydrogen-bond acceptors (Lipinski definition) is 6. The summed E-state index contributed by atoms with van der Waals surface area (Å²) in [6, 6.07) is 7.47. The van der Waals surface area contributed by atoms with Crippen molar-refractivity contribution in [2.24, 2.45) is 4.99 Å². The molecule has 4 rings (SSSR count). The van der Waals surface area contributed by atoms with Crippen LogP contribution in [0.3, 0.4) is 0 Å². The van der Waals surface area contributed by atoms with Crippen LogP contribution in [0.15, 0.2) is 58.4 Å². The minimum Gasteiger partial charge on any atom is -0.311 e. The molecular formula is C18H14N4O2S2. The molecule has 0 spiro atoms. The van der Waals surface area contributed by atoms with Gasteiger partial charge in [-0.15, -0.1) is 17.9 Å². The third-order valence-corrected chi connectivity index (χ3v) is 5.81. The van der Waals surface area contributed by atoms with Crippen LogP contribution in [0.1, 0.15) is 5.56 Å². The van der Waals surface area contributed by atoms with Gasteiger partial charge in [-0.1, -0.05) is 24.3 Å². The molecule has 0 aliphatic carbocycles. The van der Waals surface area contributed by atoms with Gasteiger partial charge in [0.1, 0.15) is 0 Å². The van der Waals surface area contributed by atoms with Crippen LogP contribution in [0.4, 0.5) is 10.8 Å². The predicted molar refractivity (Wildman–Crippen MR) is 105 cm³/mol. The molecule has 0 atom stereocenters. The number of thiazole rings is 1. The van der Waals surface area contributed by atoms with Crippen LogP contribution in [0.25, 0.3) is 5.57 Å². The van der Waals surface area contributed by atoms with E-state index < -0.39 is 0 Å². The quantitative estimate of drug-likeness (QED) is 0.604. The molecule has 8 heteroatoms.